The van der Waals surface area contributed by atoms with Gasteiger partial charge in [0.05, 0.1) is 0 Å². The van der Waals surface area contributed by atoms with Gasteiger partial charge in [-0.2, -0.15) is 0 Å². The predicted molar refractivity (Wildman–Crippen MR) is 59.9 cm³/mol. The maximum atomic E-state index is 11.9. The SMILES string of the molecule is N[C@@H]1CCN(C(=O)O[C@H]2C[C@H]3CC[C@@H]2C3)C1. The van der Waals surface area contributed by atoms with Crippen LogP contribution < -0.4 is 5.73 Å². The maximum Gasteiger partial charge on any atom is 0.410 e. The summed E-state index contributed by atoms with van der Waals surface area (Å²) in [5, 5.41) is 0. The van der Waals surface area contributed by atoms with Gasteiger partial charge in [-0.1, -0.05) is 0 Å². The average Bonchev–Trinajstić information content (AvgIpc) is 2.92. The van der Waals surface area contributed by atoms with E-state index in [9.17, 15) is 4.79 Å². The van der Waals surface area contributed by atoms with E-state index in [0.29, 0.717) is 12.5 Å². The van der Waals surface area contributed by atoms with E-state index in [-0.39, 0.29) is 18.2 Å². The van der Waals surface area contributed by atoms with Gasteiger partial charge in [0.15, 0.2) is 0 Å². The van der Waals surface area contributed by atoms with Crippen LogP contribution in [0, 0.1) is 11.8 Å². The van der Waals surface area contributed by atoms with Gasteiger partial charge in [0.2, 0.25) is 0 Å². The molecule has 0 aromatic heterocycles. The van der Waals surface area contributed by atoms with Gasteiger partial charge in [-0.15, -0.1) is 0 Å². The largest absolute Gasteiger partial charge is 0.446 e. The molecule has 3 aliphatic rings. The smallest absolute Gasteiger partial charge is 0.410 e. The zero-order valence-corrected chi connectivity index (χ0v) is 9.60. The highest BCUT2D eigenvalue weighted by molar-refractivity contribution is 5.68. The zero-order chi connectivity index (χ0) is 11.1. The lowest BCUT2D eigenvalue weighted by atomic mass is 9.98. The number of carbonyl (C=O) groups excluding carboxylic acids is 1. The molecule has 90 valence electrons. The van der Waals surface area contributed by atoms with Crippen LogP contribution in [-0.2, 0) is 4.74 Å². The monoisotopic (exact) mass is 224 g/mol. The highest BCUT2D eigenvalue weighted by Crippen LogP contribution is 2.46. The topological polar surface area (TPSA) is 55.6 Å². The van der Waals surface area contributed by atoms with E-state index in [4.69, 9.17) is 10.5 Å². The van der Waals surface area contributed by atoms with Crippen molar-refractivity contribution in [1.82, 2.24) is 4.90 Å². The molecular weight excluding hydrogens is 204 g/mol. The third-order valence-electron chi connectivity index (χ3n) is 4.41. The minimum absolute atomic E-state index is 0.134. The summed E-state index contributed by atoms with van der Waals surface area (Å²) in [6.45, 7) is 1.43. The summed E-state index contributed by atoms with van der Waals surface area (Å²) < 4.78 is 5.61. The van der Waals surface area contributed by atoms with E-state index in [0.717, 1.165) is 25.3 Å². The molecule has 16 heavy (non-hydrogen) atoms. The summed E-state index contributed by atoms with van der Waals surface area (Å²) in [7, 11) is 0. The van der Waals surface area contributed by atoms with E-state index >= 15 is 0 Å². The number of carbonyl (C=O) groups is 1. The first-order valence-electron chi connectivity index (χ1n) is 6.43. The van der Waals surface area contributed by atoms with E-state index in [2.05, 4.69) is 0 Å². The Kier molecular flexibility index (Phi) is 2.54. The fraction of sp³-hybridized carbons (Fsp3) is 0.917. The summed E-state index contributed by atoms with van der Waals surface area (Å²) in [6, 6.07) is 0.146. The molecule has 3 fully saturated rings. The van der Waals surface area contributed by atoms with E-state index < -0.39 is 0 Å². The minimum atomic E-state index is -0.134. The fourth-order valence-corrected chi connectivity index (χ4v) is 3.49. The minimum Gasteiger partial charge on any atom is -0.446 e. The van der Waals surface area contributed by atoms with Crippen molar-refractivity contribution in [2.75, 3.05) is 13.1 Å². The van der Waals surface area contributed by atoms with Crippen molar-refractivity contribution in [3.05, 3.63) is 0 Å². The summed E-state index contributed by atoms with van der Waals surface area (Å²) in [4.78, 5) is 13.6. The molecule has 0 aromatic rings. The standard InChI is InChI=1S/C12H20N2O2/c13-10-3-4-14(7-10)12(15)16-11-6-8-1-2-9(11)5-8/h8-11H,1-7,13H2/t8-,9+,10+,11-/m0/s1. The van der Waals surface area contributed by atoms with Crippen LogP contribution in [0.3, 0.4) is 0 Å². The molecule has 0 unspecified atom stereocenters. The zero-order valence-electron chi connectivity index (χ0n) is 9.60. The van der Waals surface area contributed by atoms with E-state index in [1.165, 1.54) is 19.3 Å². The molecule has 4 nitrogen and oxygen atoms in total. The van der Waals surface area contributed by atoms with Crippen molar-refractivity contribution in [2.24, 2.45) is 17.6 Å². The van der Waals surface area contributed by atoms with Crippen LogP contribution >= 0.6 is 0 Å². The molecule has 0 aromatic carbocycles. The molecule has 2 aliphatic carbocycles. The van der Waals surface area contributed by atoms with E-state index in [1.807, 2.05) is 0 Å². The Labute approximate surface area is 96.1 Å². The number of fused-ring (bicyclic) bond motifs is 2. The number of nitrogens with two attached hydrogens (primary N) is 1. The quantitative estimate of drug-likeness (QED) is 0.731. The number of likely N-dealkylation sites (tertiary alicyclic amines) is 1. The Hall–Kier alpha value is -0.770. The molecule has 0 spiro atoms. The molecule has 3 rings (SSSR count). The lowest BCUT2D eigenvalue weighted by Gasteiger charge is -2.25. The lowest BCUT2D eigenvalue weighted by molar-refractivity contribution is 0.0417. The maximum absolute atomic E-state index is 11.9. The third kappa shape index (κ3) is 1.79. The molecule has 2 saturated carbocycles. The molecule has 4 atom stereocenters. The number of rotatable bonds is 1. The second kappa shape index (κ2) is 3.91. The van der Waals surface area contributed by atoms with Crippen LogP contribution in [0.1, 0.15) is 32.1 Å². The van der Waals surface area contributed by atoms with Crippen LogP contribution in [-0.4, -0.2) is 36.2 Å². The van der Waals surface area contributed by atoms with E-state index in [1.54, 1.807) is 4.90 Å². The first kappa shape index (κ1) is 10.4. The molecule has 4 heteroatoms. The number of ether oxygens (including phenoxy) is 1. The van der Waals surface area contributed by atoms with Crippen molar-refractivity contribution >= 4 is 6.09 Å². The highest BCUT2D eigenvalue weighted by atomic mass is 16.6. The van der Waals surface area contributed by atoms with Crippen molar-refractivity contribution in [3.63, 3.8) is 0 Å². The van der Waals surface area contributed by atoms with Crippen molar-refractivity contribution < 1.29 is 9.53 Å². The Morgan fingerprint density at radius 1 is 1.25 bits per heavy atom. The summed E-state index contributed by atoms with van der Waals surface area (Å²) in [5.74, 6) is 1.47. The molecule has 2 bridgehead atoms. The summed E-state index contributed by atoms with van der Waals surface area (Å²) in [6.07, 6.45) is 5.93. The number of hydrogen-bond donors (Lipinski definition) is 1. The second-order valence-electron chi connectivity index (χ2n) is 5.59. The van der Waals surface area contributed by atoms with Gasteiger partial charge in [0.1, 0.15) is 6.10 Å². The van der Waals surface area contributed by atoms with Crippen molar-refractivity contribution in [2.45, 2.75) is 44.2 Å². The lowest BCUT2D eigenvalue weighted by Crippen LogP contribution is -2.36. The van der Waals surface area contributed by atoms with Gasteiger partial charge in [-0.25, -0.2) is 4.79 Å². The third-order valence-corrected chi connectivity index (χ3v) is 4.41. The normalized spacial score (nSPS) is 41.7. The highest BCUT2D eigenvalue weighted by Gasteiger charge is 2.42. The number of hydrogen-bond acceptors (Lipinski definition) is 3. The Morgan fingerprint density at radius 2 is 2.12 bits per heavy atom. The van der Waals surface area contributed by atoms with Crippen LogP contribution in [0.2, 0.25) is 0 Å². The van der Waals surface area contributed by atoms with Crippen LogP contribution in [0.25, 0.3) is 0 Å². The second-order valence-corrected chi connectivity index (χ2v) is 5.59. The average molecular weight is 224 g/mol. The van der Waals surface area contributed by atoms with Crippen molar-refractivity contribution in [1.29, 1.82) is 0 Å². The predicted octanol–water partition coefficient (Wildman–Crippen LogP) is 1.34. The first-order valence-corrected chi connectivity index (χ1v) is 6.43. The van der Waals surface area contributed by atoms with Gasteiger partial charge in [-0.3, -0.25) is 0 Å². The molecule has 1 heterocycles. The van der Waals surface area contributed by atoms with Gasteiger partial charge in [-0.05, 0) is 43.9 Å². The molecule has 1 aliphatic heterocycles. The Morgan fingerprint density at radius 3 is 2.69 bits per heavy atom. The van der Waals surface area contributed by atoms with Gasteiger partial charge >= 0.3 is 6.09 Å². The van der Waals surface area contributed by atoms with Crippen LogP contribution in [0.15, 0.2) is 0 Å². The Bertz CT molecular complexity index is 295. The van der Waals surface area contributed by atoms with Gasteiger partial charge < -0.3 is 15.4 Å². The molecule has 0 radical (unpaired) electrons. The first-order chi connectivity index (χ1) is 7.72. The van der Waals surface area contributed by atoms with Crippen LogP contribution in [0.5, 0.6) is 0 Å². The fourth-order valence-electron chi connectivity index (χ4n) is 3.49. The molecule has 1 saturated heterocycles. The van der Waals surface area contributed by atoms with Crippen LogP contribution in [0.4, 0.5) is 4.79 Å². The number of nitrogens with zero attached hydrogens (tertiary/aromatic N) is 1. The molecular formula is C12H20N2O2. The molecule has 2 N–H and O–H groups in total. The van der Waals surface area contributed by atoms with Gasteiger partial charge in [0.25, 0.3) is 0 Å². The molecule has 1 amide bonds. The summed E-state index contributed by atoms with van der Waals surface area (Å²) >= 11 is 0. The van der Waals surface area contributed by atoms with Gasteiger partial charge in [0, 0.05) is 19.1 Å². The summed E-state index contributed by atoms with van der Waals surface area (Å²) in [5.41, 5.74) is 5.78. The Balaban J connectivity index is 1.53. The van der Waals surface area contributed by atoms with Crippen molar-refractivity contribution in [3.8, 4) is 0 Å². The number of amides is 1.